The van der Waals surface area contributed by atoms with E-state index >= 15 is 0 Å². The van der Waals surface area contributed by atoms with Gasteiger partial charge in [0.05, 0.1) is 5.25 Å². The number of urea groups is 1. The zero-order valence-corrected chi connectivity index (χ0v) is 13.7. The number of thioether (sulfide) groups is 1. The highest BCUT2D eigenvalue weighted by Gasteiger charge is 2.22. The lowest BCUT2D eigenvalue weighted by Gasteiger charge is -2.14. The lowest BCUT2D eigenvalue weighted by molar-refractivity contribution is -0.119. The van der Waals surface area contributed by atoms with Gasteiger partial charge < -0.3 is 5.32 Å². The summed E-state index contributed by atoms with van der Waals surface area (Å²) >= 11 is 1.27. The first-order chi connectivity index (χ1) is 11.1. The van der Waals surface area contributed by atoms with E-state index in [1.165, 1.54) is 11.8 Å². The topological polar surface area (TPSA) is 88.4 Å². The lowest BCUT2D eigenvalue weighted by atomic mass is 10.2. The second-order valence-corrected chi connectivity index (χ2v) is 6.92. The number of imide groups is 1. The van der Waals surface area contributed by atoms with E-state index in [-0.39, 0.29) is 11.9 Å². The Kier molecular flexibility index (Phi) is 4.80. The maximum absolute atomic E-state index is 12.1. The van der Waals surface area contributed by atoms with E-state index in [0.29, 0.717) is 5.16 Å². The largest absolute Gasteiger partial charge is 0.335 e. The number of carbonyl (C=O) groups is 2. The molecule has 8 heteroatoms. The maximum Gasteiger partial charge on any atom is 0.321 e. The number of fused-ring (bicyclic) bond motifs is 1. The van der Waals surface area contributed by atoms with Crippen molar-refractivity contribution >= 4 is 29.3 Å². The predicted molar refractivity (Wildman–Crippen MR) is 87.2 cm³/mol. The molecular weight excluding hydrogens is 314 g/mol. The van der Waals surface area contributed by atoms with Crippen molar-refractivity contribution < 1.29 is 9.59 Å². The van der Waals surface area contributed by atoms with Crippen LogP contribution < -0.4 is 10.6 Å². The van der Waals surface area contributed by atoms with E-state index in [1.54, 1.807) is 6.92 Å². The van der Waals surface area contributed by atoms with Crippen molar-refractivity contribution in [3.05, 3.63) is 24.4 Å². The standard InChI is InChI=1S/C15H19N5O2S/c1-10(13(21)17-14(22)16-11-6-2-3-7-11)23-15-19-18-12-8-4-5-9-20(12)15/h4-5,8-11H,2-3,6-7H2,1H3,(H2,16,17,21,22)/t10-/m0/s1. The van der Waals surface area contributed by atoms with Gasteiger partial charge in [0, 0.05) is 12.2 Å². The van der Waals surface area contributed by atoms with E-state index in [1.807, 2.05) is 28.8 Å². The highest BCUT2D eigenvalue weighted by Crippen LogP contribution is 2.22. The number of rotatable bonds is 4. The second-order valence-electron chi connectivity index (χ2n) is 5.62. The van der Waals surface area contributed by atoms with Gasteiger partial charge in [-0.15, -0.1) is 10.2 Å². The summed E-state index contributed by atoms with van der Waals surface area (Å²) in [7, 11) is 0. The number of hydrogen-bond donors (Lipinski definition) is 2. The maximum atomic E-state index is 12.1. The Morgan fingerprint density at radius 3 is 2.87 bits per heavy atom. The summed E-state index contributed by atoms with van der Waals surface area (Å²) in [6, 6.07) is 5.37. The monoisotopic (exact) mass is 333 g/mol. The normalized spacial score (nSPS) is 16.4. The molecule has 3 rings (SSSR count). The average molecular weight is 333 g/mol. The van der Waals surface area contributed by atoms with E-state index in [9.17, 15) is 9.59 Å². The molecule has 1 fully saturated rings. The van der Waals surface area contributed by atoms with Crippen LogP contribution in [-0.4, -0.2) is 37.8 Å². The highest BCUT2D eigenvalue weighted by molar-refractivity contribution is 8.00. The highest BCUT2D eigenvalue weighted by atomic mass is 32.2. The molecule has 1 atom stereocenters. The van der Waals surface area contributed by atoms with Gasteiger partial charge in [0.2, 0.25) is 5.91 Å². The third-order valence-corrected chi connectivity index (χ3v) is 4.92. The average Bonchev–Trinajstić information content (AvgIpc) is 3.17. The van der Waals surface area contributed by atoms with Gasteiger partial charge in [-0.3, -0.25) is 14.5 Å². The van der Waals surface area contributed by atoms with Gasteiger partial charge in [0.1, 0.15) is 0 Å². The fourth-order valence-corrected chi connectivity index (χ4v) is 3.45. The molecule has 7 nitrogen and oxygen atoms in total. The number of amides is 3. The second kappa shape index (κ2) is 6.99. The molecule has 2 aromatic heterocycles. The Bertz CT molecular complexity index is 711. The molecule has 0 saturated heterocycles. The van der Waals surface area contributed by atoms with Crippen LogP contribution in [0.4, 0.5) is 4.79 Å². The smallest absolute Gasteiger partial charge is 0.321 e. The molecule has 2 heterocycles. The first-order valence-electron chi connectivity index (χ1n) is 7.71. The number of aromatic nitrogens is 3. The minimum atomic E-state index is -0.447. The van der Waals surface area contributed by atoms with E-state index in [0.717, 1.165) is 31.3 Å². The Balaban J connectivity index is 1.55. The Hall–Kier alpha value is -2.09. The van der Waals surface area contributed by atoms with E-state index in [2.05, 4.69) is 20.8 Å². The minimum Gasteiger partial charge on any atom is -0.335 e. The van der Waals surface area contributed by atoms with Crippen LogP contribution in [0.1, 0.15) is 32.6 Å². The zero-order valence-electron chi connectivity index (χ0n) is 12.9. The molecule has 0 bridgehead atoms. The number of hydrogen-bond acceptors (Lipinski definition) is 5. The van der Waals surface area contributed by atoms with Crippen LogP contribution in [0.2, 0.25) is 0 Å². The fourth-order valence-electron chi connectivity index (χ4n) is 2.62. The predicted octanol–water partition coefficient (Wildman–Crippen LogP) is 1.98. The van der Waals surface area contributed by atoms with Crippen molar-refractivity contribution in [2.24, 2.45) is 0 Å². The molecule has 1 saturated carbocycles. The van der Waals surface area contributed by atoms with Crippen molar-refractivity contribution in [2.45, 2.75) is 49.1 Å². The van der Waals surface area contributed by atoms with E-state index in [4.69, 9.17) is 0 Å². The zero-order chi connectivity index (χ0) is 16.2. The van der Waals surface area contributed by atoms with Gasteiger partial charge >= 0.3 is 6.03 Å². The van der Waals surface area contributed by atoms with E-state index < -0.39 is 11.3 Å². The lowest BCUT2D eigenvalue weighted by Crippen LogP contribution is -2.45. The summed E-state index contributed by atoms with van der Waals surface area (Å²) in [5, 5.41) is 13.5. The quantitative estimate of drug-likeness (QED) is 0.835. The van der Waals surface area contributed by atoms with Crippen molar-refractivity contribution in [3.63, 3.8) is 0 Å². The Labute approximate surface area is 138 Å². The Morgan fingerprint density at radius 1 is 1.30 bits per heavy atom. The fraction of sp³-hybridized carbons (Fsp3) is 0.467. The van der Waals surface area contributed by atoms with Crippen LogP contribution in [0.15, 0.2) is 29.6 Å². The van der Waals surface area contributed by atoms with Gasteiger partial charge in [0.15, 0.2) is 10.8 Å². The minimum absolute atomic E-state index is 0.186. The molecule has 2 N–H and O–H groups in total. The van der Waals surface area contributed by atoms with Crippen molar-refractivity contribution in [1.29, 1.82) is 0 Å². The summed E-state index contributed by atoms with van der Waals surface area (Å²) < 4.78 is 1.81. The summed E-state index contributed by atoms with van der Waals surface area (Å²) in [5.41, 5.74) is 0.724. The molecule has 2 aromatic rings. The van der Waals surface area contributed by atoms with Gasteiger partial charge in [-0.2, -0.15) is 0 Å². The van der Waals surface area contributed by atoms with Gasteiger partial charge in [-0.05, 0) is 31.9 Å². The molecule has 0 spiro atoms. The van der Waals surface area contributed by atoms with Crippen LogP contribution in [0, 0.1) is 0 Å². The SMILES string of the molecule is C[C@H](Sc1nnc2ccccn12)C(=O)NC(=O)NC1CCCC1. The molecule has 3 amide bonds. The van der Waals surface area contributed by atoms with Crippen molar-refractivity contribution in [1.82, 2.24) is 25.2 Å². The Morgan fingerprint density at radius 2 is 2.09 bits per heavy atom. The summed E-state index contributed by atoms with van der Waals surface area (Å²) in [5.74, 6) is -0.335. The summed E-state index contributed by atoms with van der Waals surface area (Å²) in [4.78, 5) is 24.0. The summed E-state index contributed by atoms with van der Waals surface area (Å²) in [6.45, 7) is 1.74. The summed E-state index contributed by atoms with van der Waals surface area (Å²) in [6.07, 6.45) is 6.07. The molecule has 0 aromatic carbocycles. The van der Waals surface area contributed by atoms with Crippen LogP contribution in [0.25, 0.3) is 5.65 Å². The van der Waals surface area contributed by atoms with Gasteiger partial charge in [-0.25, -0.2) is 4.79 Å². The number of nitrogens with one attached hydrogen (secondary N) is 2. The van der Waals surface area contributed by atoms with Gasteiger partial charge in [0.25, 0.3) is 0 Å². The van der Waals surface area contributed by atoms with Crippen LogP contribution >= 0.6 is 11.8 Å². The third kappa shape index (κ3) is 3.82. The van der Waals surface area contributed by atoms with Crippen LogP contribution in [-0.2, 0) is 4.79 Å². The number of pyridine rings is 1. The molecule has 1 aliphatic rings. The molecule has 0 aliphatic heterocycles. The molecule has 23 heavy (non-hydrogen) atoms. The van der Waals surface area contributed by atoms with Crippen molar-refractivity contribution in [3.8, 4) is 0 Å². The molecule has 0 radical (unpaired) electrons. The van der Waals surface area contributed by atoms with Gasteiger partial charge in [-0.1, -0.05) is 30.7 Å². The van der Waals surface area contributed by atoms with Crippen LogP contribution in [0.5, 0.6) is 0 Å². The third-order valence-electron chi connectivity index (χ3n) is 3.86. The first-order valence-corrected chi connectivity index (χ1v) is 8.59. The first kappa shape index (κ1) is 15.8. The molecule has 0 unspecified atom stereocenters. The van der Waals surface area contributed by atoms with Crippen LogP contribution in [0.3, 0.4) is 0 Å². The van der Waals surface area contributed by atoms with Crippen molar-refractivity contribution in [2.75, 3.05) is 0 Å². The molecule has 122 valence electrons. The molecule has 1 aliphatic carbocycles. The number of carbonyl (C=O) groups excluding carboxylic acids is 2. The number of nitrogens with zero attached hydrogens (tertiary/aromatic N) is 3. The molecular formula is C15H19N5O2S.